The number of benzene rings is 1. The molecular weight excluding hydrogens is 242 g/mol. The van der Waals surface area contributed by atoms with Crippen LogP contribution in [0.5, 0.6) is 11.5 Å². The SMILES string of the molecule is COc1ccc(O)c(C(=O)NCCCCCl)c1. The molecule has 17 heavy (non-hydrogen) atoms. The van der Waals surface area contributed by atoms with Gasteiger partial charge in [-0.15, -0.1) is 11.6 Å². The van der Waals surface area contributed by atoms with Crippen molar-refractivity contribution in [1.82, 2.24) is 5.32 Å². The van der Waals surface area contributed by atoms with Gasteiger partial charge >= 0.3 is 0 Å². The van der Waals surface area contributed by atoms with Crippen molar-refractivity contribution < 1.29 is 14.6 Å². The highest BCUT2D eigenvalue weighted by atomic mass is 35.5. The number of hydrogen-bond donors (Lipinski definition) is 2. The summed E-state index contributed by atoms with van der Waals surface area (Å²) >= 11 is 5.53. The lowest BCUT2D eigenvalue weighted by Gasteiger charge is -2.08. The van der Waals surface area contributed by atoms with Crippen molar-refractivity contribution in [3.63, 3.8) is 0 Å². The Hall–Kier alpha value is -1.42. The molecule has 0 atom stereocenters. The van der Waals surface area contributed by atoms with E-state index in [1.807, 2.05) is 0 Å². The van der Waals surface area contributed by atoms with Gasteiger partial charge in [-0.1, -0.05) is 0 Å². The van der Waals surface area contributed by atoms with Gasteiger partial charge in [0, 0.05) is 12.4 Å². The number of ether oxygens (including phenoxy) is 1. The summed E-state index contributed by atoms with van der Waals surface area (Å²) in [5, 5.41) is 12.3. The van der Waals surface area contributed by atoms with E-state index in [2.05, 4.69) is 5.32 Å². The Morgan fingerprint density at radius 2 is 2.24 bits per heavy atom. The van der Waals surface area contributed by atoms with Crippen LogP contribution in [-0.4, -0.2) is 30.5 Å². The van der Waals surface area contributed by atoms with Crippen LogP contribution >= 0.6 is 11.6 Å². The number of halogens is 1. The highest BCUT2D eigenvalue weighted by molar-refractivity contribution is 6.17. The first-order valence-electron chi connectivity index (χ1n) is 5.40. The van der Waals surface area contributed by atoms with Crippen molar-refractivity contribution in [2.75, 3.05) is 19.5 Å². The second-order valence-electron chi connectivity index (χ2n) is 3.54. The summed E-state index contributed by atoms with van der Waals surface area (Å²) in [6.45, 7) is 0.544. The third-order valence-electron chi connectivity index (χ3n) is 2.29. The fraction of sp³-hybridized carbons (Fsp3) is 0.417. The quantitative estimate of drug-likeness (QED) is 0.606. The minimum absolute atomic E-state index is 0.0550. The summed E-state index contributed by atoms with van der Waals surface area (Å²) in [5.74, 6) is 0.755. The molecule has 0 aliphatic heterocycles. The maximum atomic E-state index is 11.7. The molecule has 0 bridgehead atoms. The molecule has 5 heteroatoms. The van der Waals surface area contributed by atoms with E-state index < -0.39 is 0 Å². The van der Waals surface area contributed by atoms with Crippen LogP contribution in [0.1, 0.15) is 23.2 Å². The number of phenolic OH excluding ortho intramolecular Hbond substituents is 1. The van der Waals surface area contributed by atoms with E-state index in [1.54, 1.807) is 6.07 Å². The predicted molar refractivity (Wildman–Crippen MR) is 66.9 cm³/mol. The Kier molecular flexibility index (Phi) is 5.63. The molecular formula is C12H16ClNO3. The number of phenols is 1. The van der Waals surface area contributed by atoms with Gasteiger partial charge < -0.3 is 15.2 Å². The second kappa shape index (κ2) is 7.01. The van der Waals surface area contributed by atoms with E-state index in [1.165, 1.54) is 19.2 Å². The highest BCUT2D eigenvalue weighted by Gasteiger charge is 2.11. The van der Waals surface area contributed by atoms with Crippen molar-refractivity contribution in [2.24, 2.45) is 0 Å². The lowest BCUT2D eigenvalue weighted by Crippen LogP contribution is -2.24. The first-order chi connectivity index (χ1) is 8.19. The molecule has 0 aliphatic carbocycles. The number of rotatable bonds is 6. The normalized spacial score (nSPS) is 10.0. The van der Waals surface area contributed by atoms with Gasteiger partial charge in [-0.2, -0.15) is 0 Å². The molecule has 2 N–H and O–H groups in total. The summed E-state index contributed by atoms with van der Waals surface area (Å²) in [4.78, 5) is 11.7. The maximum absolute atomic E-state index is 11.7. The van der Waals surface area contributed by atoms with Crippen LogP contribution in [0.25, 0.3) is 0 Å². The molecule has 0 fully saturated rings. The molecule has 94 valence electrons. The van der Waals surface area contributed by atoms with E-state index >= 15 is 0 Å². The average molecular weight is 258 g/mol. The minimum Gasteiger partial charge on any atom is -0.507 e. The molecule has 1 amide bonds. The molecule has 0 spiro atoms. The Balaban J connectivity index is 2.61. The molecule has 1 aromatic rings. The monoisotopic (exact) mass is 257 g/mol. The van der Waals surface area contributed by atoms with Crippen LogP contribution in [-0.2, 0) is 0 Å². The fourth-order valence-electron chi connectivity index (χ4n) is 1.34. The zero-order valence-corrected chi connectivity index (χ0v) is 10.5. The third kappa shape index (κ3) is 4.15. The average Bonchev–Trinajstić information content (AvgIpc) is 2.35. The molecule has 0 radical (unpaired) electrons. The van der Waals surface area contributed by atoms with Crippen molar-refractivity contribution in [3.05, 3.63) is 23.8 Å². The number of amides is 1. The molecule has 0 unspecified atom stereocenters. The van der Waals surface area contributed by atoms with Gasteiger partial charge in [-0.3, -0.25) is 4.79 Å². The van der Waals surface area contributed by atoms with Crippen molar-refractivity contribution in [2.45, 2.75) is 12.8 Å². The number of carbonyl (C=O) groups is 1. The summed E-state index contributed by atoms with van der Waals surface area (Å²) in [6, 6.07) is 4.54. The summed E-state index contributed by atoms with van der Waals surface area (Å²) in [5.41, 5.74) is 0.218. The molecule has 1 rings (SSSR count). The number of aromatic hydroxyl groups is 1. The zero-order valence-electron chi connectivity index (χ0n) is 9.70. The number of carbonyl (C=O) groups excluding carboxylic acids is 1. The molecule has 0 heterocycles. The van der Waals surface area contributed by atoms with Crippen LogP contribution in [0.4, 0.5) is 0 Å². The lowest BCUT2D eigenvalue weighted by atomic mass is 10.1. The van der Waals surface area contributed by atoms with Gasteiger partial charge in [0.15, 0.2) is 0 Å². The third-order valence-corrected chi connectivity index (χ3v) is 2.56. The minimum atomic E-state index is -0.309. The van der Waals surface area contributed by atoms with Gasteiger partial charge in [0.25, 0.3) is 5.91 Å². The van der Waals surface area contributed by atoms with Crippen LogP contribution in [0.2, 0.25) is 0 Å². The molecule has 0 saturated carbocycles. The van der Waals surface area contributed by atoms with E-state index in [0.717, 1.165) is 12.8 Å². The number of hydrogen-bond acceptors (Lipinski definition) is 3. The number of unbranched alkanes of at least 4 members (excludes halogenated alkanes) is 1. The zero-order chi connectivity index (χ0) is 12.7. The lowest BCUT2D eigenvalue weighted by molar-refractivity contribution is 0.0950. The Bertz CT molecular complexity index is 382. The molecule has 0 aromatic heterocycles. The molecule has 1 aromatic carbocycles. The summed E-state index contributed by atoms with van der Waals surface area (Å²) in [7, 11) is 1.51. The second-order valence-corrected chi connectivity index (χ2v) is 3.91. The van der Waals surface area contributed by atoms with Gasteiger partial charge in [-0.25, -0.2) is 0 Å². The smallest absolute Gasteiger partial charge is 0.255 e. The van der Waals surface area contributed by atoms with E-state index in [0.29, 0.717) is 18.2 Å². The predicted octanol–water partition coefficient (Wildman–Crippen LogP) is 2.15. The van der Waals surface area contributed by atoms with Crippen molar-refractivity contribution in [1.29, 1.82) is 0 Å². The number of nitrogens with one attached hydrogen (secondary N) is 1. The van der Waals surface area contributed by atoms with Crippen LogP contribution in [0, 0.1) is 0 Å². The van der Waals surface area contributed by atoms with Gasteiger partial charge in [0.05, 0.1) is 12.7 Å². The number of methoxy groups -OCH3 is 1. The van der Waals surface area contributed by atoms with Crippen molar-refractivity contribution in [3.8, 4) is 11.5 Å². The Labute approximate surface area is 106 Å². The summed E-state index contributed by atoms with van der Waals surface area (Å²) in [6.07, 6.45) is 1.67. The van der Waals surface area contributed by atoms with E-state index in [-0.39, 0.29) is 17.2 Å². The van der Waals surface area contributed by atoms with Crippen LogP contribution in [0.15, 0.2) is 18.2 Å². The first kappa shape index (κ1) is 13.6. The first-order valence-corrected chi connectivity index (χ1v) is 5.93. The number of alkyl halides is 1. The van der Waals surface area contributed by atoms with Crippen LogP contribution in [0.3, 0.4) is 0 Å². The maximum Gasteiger partial charge on any atom is 0.255 e. The largest absolute Gasteiger partial charge is 0.507 e. The van der Waals surface area contributed by atoms with Gasteiger partial charge in [0.2, 0.25) is 0 Å². The summed E-state index contributed by atoms with van der Waals surface area (Å²) < 4.78 is 4.99. The van der Waals surface area contributed by atoms with Crippen LogP contribution < -0.4 is 10.1 Å². The Morgan fingerprint density at radius 1 is 1.47 bits per heavy atom. The van der Waals surface area contributed by atoms with Gasteiger partial charge in [0.1, 0.15) is 11.5 Å². The topological polar surface area (TPSA) is 58.6 Å². The molecule has 0 saturated heterocycles. The van der Waals surface area contributed by atoms with Gasteiger partial charge in [-0.05, 0) is 31.0 Å². The highest BCUT2D eigenvalue weighted by Crippen LogP contribution is 2.22. The Morgan fingerprint density at radius 3 is 2.88 bits per heavy atom. The standard InChI is InChI=1S/C12H16ClNO3/c1-17-9-4-5-11(15)10(8-9)12(16)14-7-3-2-6-13/h4-5,8,15H,2-3,6-7H2,1H3,(H,14,16). The van der Waals surface area contributed by atoms with Crippen molar-refractivity contribution >= 4 is 17.5 Å². The fourth-order valence-corrected chi connectivity index (χ4v) is 1.53. The van der Waals surface area contributed by atoms with E-state index in [4.69, 9.17) is 16.3 Å². The van der Waals surface area contributed by atoms with E-state index in [9.17, 15) is 9.90 Å². The molecule has 4 nitrogen and oxygen atoms in total. The molecule has 0 aliphatic rings.